The van der Waals surface area contributed by atoms with E-state index in [0.29, 0.717) is 19.5 Å². The van der Waals surface area contributed by atoms with Crippen molar-refractivity contribution in [1.29, 1.82) is 0 Å². The first kappa shape index (κ1) is 14.8. The molecule has 0 radical (unpaired) electrons. The lowest BCUT2D eigenvalue weighted by Crippen LogP contribution is -2.40. The predicted molar refractivity (Wildman–Crippen MR) is 71.4 cm³/mol. The van der Waals surface area contributed by atoms with E-state index >= 15 is 0 Å². The summed E-state index contributed by atoms with van der Waals surface area (Å²) < 4.78 is 0. The lowest BCUT2D eigenvalue weighted by molar-refractivity contribution is -0.131. The molecule has 0 saturated carbocycles. The summed E-state index contributed by atoms with van der Waals surface area (Å²) in [6, 6.07) is -0.171. The Morgan fingerprint density at radius 2 is 1.72 bits per heavy atom. The summed E-state index contributed by atoms with van der Waals surface area (Å²) in [6.07, 6.45) is 5.89. The van der Waals surface area contributed by atoms with Gasteiger partial charge in [-0.05, 0) is 25.7 Å². The molecule has 1 aliphatic heterocycles. The Morgan fingerprint density at radius 1 is 1.06 bits per heavy atom. The van der Waals surface area contributed by atoms with E-state index in [1.54, 1.807) is 0 Å². The van der Waals surface area contributed by atoms with Crippen molar-refractivity contribution in [2.24, 2.45) is 0 Å². The first-order chi connectivity index (χ1) is 8.74. The summed E-state index contributed by atoms with van der Waals surface area (Å²) in [7, 11) is 0. The number of carbonyl (C=O) groups excluding carboxylic acids is 2. The maximum Gasteiger partial charge on any atom is 0.314 e. The highest BCUT2D eigenvalue weighted by Gasteiger charge is 2.15. The van der Waals surface area contributed by atoms with Crippen LogP contribution >= 0.6 is 0 Å². The summed E-state index contributed by atoms with van der Waals surface area (Å²) in [5.74, 6) is 0.156. The summed E-state index contributed by atoms with van der Waals surface area (Å²) in [5.41, 5.74) is 0. The van der Waals surface area contributed by atoms with E-state index in [-0.39, 0.29) is 11.9 Å². The van der Waals surface area contributed by atoms with E-state index in [4.69, 9.17) is 0 Å². The van der Waals surface area contributed by atoms with Crippen LogP contribution in [0, 0.1) is 0 Å². The standard InChI is InChI=1S/C13H25N3O2/c1-2-3-8-14-13(18)15-9-7-12(17)16-10-5-4-6-11-16/h2-11H2,1H3,(H2,14,15,18). The van der Waals surface area contributed by atoms with E-state index in [9.17, 15) is 9.59 Å². The van der Waals surface area contributed by atoms with Crippen molar-refractivity contribution in [1.82, 2.24) is 15.5 Å². The third kappa shape index (κ3) is 5.89. The van der Waals surface area contributed by atoms with Gasteiger partial charge in [0.1, 0.15) is 0 Å². The highest BCUT2D eigenvalue weighted by molar-refractivity contribution is 5.78. The van der Waals surface area contributed by atoms with Gasteiger partial charge in [0, 0.05) is 32.6 Å². The van der Waals surface area contributed by atoms with Gasteiger partial charge >= 0.3 is 6.03 Å². The van der Waals surface area contributed by atoms with E-state index in [1.807, 2.05) is 4.90 Å². The average Bonchev–Trinajstić information content (AvgIpc) is 2.40. The van der Waals surface area contributed by atoms with Crippen LogP contribution in [0.4, 0.5) is 4.79 Å². The summed E-state index contributed by atoms with van der Waals surface area (Å²) in [6.45, 7) is 4.95. The second-order valence-corrected chi connectivity index (χ2v) is 4.73. The number of hydrogen-bond donors (Lipinski definition) is 2. The van der Waals surface area contributed by atoms with Crippen LogP contribution in [0.15, 0.2) is 0 Å². The molecule has 0 bridgehead atoms. The normalized spacial score (nSPS) is 15.3. The molecular weight excluding hydrogens is 230 g/mol. The van der Waals surface area contributed by atoms with Crippen molar-refractivity contribution in [3.63, 3.8) is 0 Å². The highest BCUT2D eigenvalue weighted by Crippen LogP contribution is 2.09. The van der Waals surface area contributed by atoms with Gasteiger partial charge in [-0.25, -0.2) is 4.79 Å². The molecule has 5 nitrogen and oxygen atoms in total. The number of carbonyl (C=O) groups is 2. The van der Waals surface area contributed by atoms with Gasteiger partial charge in [-0.15, -0.1) is 0 Å². The van der Waals surface area contributed by atoms with Gasteiger partial charge in [0.2, 0.25) is 5.91 Å². The Labute approximate surface area is 109 Å². The third-order valence-corrected chi connectivity index (χ3v) is 3.15. The Bertz CT molecular complexity index is 263. The zero-order chi connectivity index (χ0) is 13.2. The zero-order valence-corrected chi connectivity index (χ0v) is 11.3. The van der Waals surface area contributed by atoms with Gasteiger partial charge in [-0.1, -0.05) is 13.3 Å². The first-order valence-corrected chi connectivity index (χ1v) is 7.03. The summed E-state index contributed by atoms with van der Waals surface area (Å²) >= 11 is 0. The number of hydrogen-bond acceptors (Lipinski definition) is 2. The van der Waals surface area contributed by atoms with Crippen LogP contribution in [-0.2, 0) is 4.79 Å². The maximum atomic E-state index is 11.8. The van der Waals surface area contributed by atoms with Crippen LogP contribution in [0.5, 0.6) is 0 Å². The monoisotopic (exact) mass is 255 g/mol. The molecule has 0 aromatic rings. The van der Waals surface area contributed by atoms with Gasteiger partial charge in [-0.2, -0.15) is 0 Å². The molecular formula is C13H25N3O2. The SMILES string of the molecule is CCCCNC(=O)NCCC(=O)N1CCCCC1. The Morgan fingerprint density at radius 3 is 2.39 bits per heavy atom. The maximum absolute atomic E-state index is 11.8. The number of nitrogens with one attached hydrogen (secondary N) is 2. The number of urea groups is 1. The average molecular weight is 255 g/mol. The van der Waals surface area contributed by atoms with Gasteiger partial charge < -0.3 is 15.5 Å². The number of amides is 3. The van der Waals surface area contributed by atoms with E-state index in [0.717, 1.165) is 38.8 Å². The van der Waals surface area contributed by atoms with Crippen LogP contribution < -0.4 is 10.6 Å². The van der Waals surface area contributed by atoms with Crippen LogP contribution in [0.2, 0.25) is 0 Å². The Hall–Kier alpha value is -1.26. The third-order valence-electron chi connectivity index (χ3n) is 3.15. The molecule has 0 unspecified atom stereocenters. The van der Waals surface area contributed by atoms with Crippen LogP contribution in [0.3, 0.4) is 0 Å². The smallest absolute Gasteiger partial charge is 0.314 e. The van der Waals surface area contributed by atoms with Gasteiger partial charge in [0.05, 0.1) is 0 Å². The topological polar surface area (TPSA) is 61.4 Å². The largest absolute Gasteiger partial charge is 0.343 e. The minimum absolute atomic E-state index is 0.156. The fourth-order valence-electron chi connectivity index (χ4n) is 2.03. The number of rotatable bonds is 6. The van der Waals surface area contributed by atoms with Crippen molar-refractivity contribution in [2.45, 2.75) is 45.4 Å². The van der Waals surface area contributed by atoms with E-state index < -0.39 is 0 Å². The number of nitrogens with zero attached hydrogens (tertiary/aromatic N) is 1. The lowest BCUT2D eigenvalue weighted by atomic mass is 10.1. The first-order valence-electron chi connectivity index (χ1n) is 7.03. The quantitative estimate of drug-likeness (QED) is 0.706. The van der Waals surface area contributed by atoms with Crippen molar-refractivity contribution < 1.29 is 9.59 Å². The Kier molecular flexibility index (Phi) is 7.22. The Balaban J connectivity index is 2.05. The van der Waals surface area contributed by atoms with E-state index in [2.05, 4.69) is 17.6 Å². The van der Waals surface area contributed by atoms with Crippen molar-refractivity contribution in [2.75, 3.05) is 26.2 Å². The van der Waals surface area contributed by atoms with Crippen LogP contribution in [-0.4, -0.2) is 43.0 Å². The molecule has 18 heavy (non-hydrogen) atoms. The minimum atomic E-state index is -0.171. The molecule has 2 N–H and O–H groups in total. The predicted octanol–water partition coefficient (Wildman–Crippen LogP) is 1.49. The van der Waals surface area contributed by atoms with Crippen LogP contribution in [0.1, 0.15) is 45.4 Å². The summed E-state index contributed by atoms with van der Waals surface area (Å²) in [5, 5.41) is 5.48. The minimum Gasteiger partial charge on any atom is -0.343 e. The molecule has 1 fully saturated rings. The second kappa shape index (κ2) is 8.78. The molecule has 0 spiro atoms. The summed E-state index contributed by atoms with van der Waals surface area (Å²) in [4.78, 5) is 25.0. The molecule has 1 rings (SSSR count). The molecule has 0 aromatic heterocycles. The molecule has 0 atom stereocenters. The van der Waals surface area contributed by atoms with Gasteiger partial charge in [0.15, 0.2) is 0 Å². The van der Waals surface area contributed by atoms with Gasteiger partial charge in [-0.3, -0.25) is 4.79 Å². The lowest BCUT2D eigenvalue weighted by Gasteiger charge is -2.26. The number of unbranched alkanes of at least 4 members (excludes halogenated alkanes) is 1. The molecule has 3 amide bonds. The molecule has 0 aromatic carbocycles. The fourth-order valence-corrected chi connectivity index (χ4v) is 2.03. The molecule has 5 heteroatoms. The molecule has 0 aliphatic carbocycles. The zero-order valence-electron chi connectivity index (χ0n) is 11.3. The fraction of sp³-hybridized carbons (Fsp3) is 0.846. The van der Waals surface area contributed by atoms with Crippen molar-refractivity contribution in [3.8, 4) is 0 Å². The number of piperidine rings is 1. The number of likely N-dealkylation sites (tertiary alicyclic amines) is 1. The van der Waals surface area contributed by atoms with Crippen molar-refractivity contribution in [3.05, 3.63) is 0 Å². The molecule has 1 heterocycles. The molecule has 1 saturated heterocycles. The van der Waals surface area contributed by atoms with Crippen LogP contribution in [0.25, 0.3) is 0 Å². The molecule has 104 valence electrons. The molecule has 1 aliphatic rings. The second-order valence-electron chi connectivity index (χ2n) is 4.73. The highest BCUT2D eigenvalue weighted by atomic mass is 16.2. The van der Waals surface area contributed by atoms with Gasteiger partial charge in [0.25, 0.3) is 0 Å². The van der Waals surface area contributed by atoms with Crippen molar-refractivity contribution >= 4 is 11.9 Å². The van der Waals surface area contributed by atoms with E-state index in [1.165, 1.54) is 6.42 Å².